The number of aryl methyl sites for hydroxylation is 2. The molecule has 19 heavy (non-hydrogen) atoms. The molecule has 0 bridgehead atoms. The van der Waals surface area contributed by atoms with Gasteiger partial charge in [-0.15, -0.1) is 0 Å². The largest absolute Gasteiger partial charge is 0.306 e. The van der Waals surface area contributed by atoms with Gasteiger partial charge in [0.1, 0.15) is 6.33 Å². The van der Waals surface area contributed by atoms with Crippen LogP contribution in [0.4, 0.5) is 0 Å². The maximum Gasteiger partial charge on any atom is 0.115 e. The summed E-state index contributed by atoms with van der Waals surface area (Å²) in [5.74, 6) is 0. The van der Waals surface area contributed by atoms with E-state index in [4.69, 9.17) is 0 Å². The van der Waals surface area contributed by atoms with E-state index in [0.29, 0.717) is 0 Å². The number of fused-ring (bicyclic) bond motifs is 1. The minimum Gasteiger partial charge on any atom is -0.306 e. The molecule has 0 spiro atoms. The molecule has 0 amide bonds. The van der Waals surface area contributed by atoms with Gasteiger partial charge in [-0.05, 0) is 42.5 Å². The smallest absolute Gasteiger partial charge is 0.115 e. The zero-order valence-corrected chi connectivity index (χ0v) is 11.3. The molecule has 1 heterocycles. The Balaban J connectivity index is 1.96. The third-order valence-electron chi connectivity index (χ3n) is 3.78. The van der Waals surface area contributed by atoms with Crippen LogP contribution in [-0.4, -0.2) is 16.5 Å². The van der Waals surface area contributed by atoms with Gasteiger partial charge in [-0.3, -0.25) is 0 Å². The Hall–Kier alpha value is -1.74. The predicted octanol–water partition coefficient (Wildman–Crippen LogP) is 2.66. The molecule has 2 aromatic rings. The normalized spacial score (nSPS) is 15.2. The van der Waals surface area contributed by atoms with Gasteiger partial charge in [-0.2, -0.15) is 0 Å². The molecule has 1 aliphatic rings. The number of hydrogen-bond acceptors (Lipinski definition) is 3. The fraction of sp³-hybridized carbons (Fsp3) is 0.375. The Morgan fingerprint density at radius 1 is 1.11 bits per heavy atom. The number of aromatic nitrogens is 2. The van der Waals surface area contributed by atoms with Gasteiger partial charge < -0.3 is 5.32 Å². The van der Waals surface area contributed by atoms with Crippen molar-refractivity contribution < 1.29 is 0 Å². The summed E-state index contributed by atoms with van der Waals surface area (Å²) in [7, 11) is 0. The van der Waals surface area contributed by atoms with E-state index in [1.165, 1.54) is 36.0 Å². The van der Waals surface area contributed by atoms with Crippen LogP contribution in [0.3, 0.4) is 0 Å². The summed E-state index contributed by atoms with van der Waals surface area (Å²) in [6, 6.07) is 7.07. The molecule has 3 rings (SSSR count). The number of nitrogens with one attached hydrogen (secondary N) is 1. The SMILES string of the molecule is CCNC(c1cncnc1)c1ccc2c(c1)CCC2. The molecule has 3 nitrogen and oxygen atoms in total. The van der Waals surface area contributed by atoms with Crippen LogP contribution in [0.1, 0.15) is 41.6 Å². The molecule has 1 aromatic heterocycles. The average molecular weight is 253 g/mol. The summed E-state index contributed by atoms with van der Waals surface area (Å²) < 4.78 is 0. The zero-order valence-electron chi connectivity index (χ0n) is 11.3. The zero-order chi connectivity index (χ0) is 13.1. The molecule has 1 aromatic carbocycles. The first-order chi connectivity index (χ1) is 9.38. The fourth-order valence-electron chi connectivity index (χ4n) is 2.86. The molecule has 1 aliphatic carbocycles. The first-order valence-corrected chi connectivity index (χ1v) is 6.98. The molecule has 0 aliphatic heterocycles. The van der Waals surface area contributed by atoms with Crippen molar-refractivity contribution in [1.82, 2.24) is 15.3 Å². The fourth-order valence-corrected chi connectivity index (χ4v) is 2.86. The number of rotatable bonds is 4. The van der Waals surface area contributed by atoms with Crippen LogP contribution in [0.15, 0.2) is 36.9 Å². The van der Waals surface area contributed by atoms with E-state index < -0.39 is 0 Å². The van der Waals surface area contributed by atoms with E-state index in [9.17, 15) is 0 Å². The van der Waals surface area contributed by atoms with Gasteiger partial charge in [0.05, 0.1) is 6.04 Å². The Bertz CT molecular complexity index is 551. The van der Waals surface area contributed by atoms with E-state index in [1.54, 1.807) is 6.33 Å². The van der Waals surface area contributed by atoms with E-state index in [0.717, 1.165) is 12.1 Å². The van der Waals surface area contributed by atoms with Crippen molar-refractivity contribution in [1.29, 1.82) is 0 Å². The molecule has 0 radical (unpaired) electrons. The van der Waals surface area contributed by atoms with Crippen molar-refractivity contribution >= 4 is 0 Å². The number of nitrogens with zero attached hydrogens (tertiary/aromatic N) is 2. The average Bonchev–Trinajstić information content (AvgIpc) is 2.93. The van der Waals surface area contributed by atoms with Gasteiger partial charge in [-0.25, -0.2) is 9.97 Å². The van der Waals surface area contributed by atoms with Gasteiger partial charge in [0.15, 0.2) is 0 Å². The van der Waals surface area contributed by atoms with Gasteiger partial charge in [0.25, 0.3) is 0 Å². The van der Waals surface area contributed by atoms with Crippen LogP contribution in [-0.2, 0) is 12.8 Å². The van der Waals surface area contributed by atoms with E-state index in [-0.39, 0.29) is 6.04 Å². The molecule has 98 valence electrons. The highest BCUT2D eigenvalue weighted by molar-refractivity contribution is 5.39. The second-order valence-electron chi connectivity index (χ2n) is 5.04. The van der Waals surface area contributed by atoms with Crippen LogP contribution in [0.25, 0.3) is 0 Å². The quantitative estimate of drug-likeness (QED) is 0.910. The molecule has 1 atom stereocenters. The molecule has 0 saturated heterocycles. The molecule has 0 fully saturated rings. The monoisotopic (exact) mass is 253 g/mol. The Morgan fingerprint density at radius 3 is 2.68 bits per heavy atom. The Labute approximate surface area is 114 Å². The van der Waals surface area contributed by atoms with Gasteiger partial charge in [0, 0.05) is 18.0 Å². The highest BCUT2D eigenvalue weighted by atomic mass is 14.9. The van der Waals surface area contributed by atoms with E-state index in [1.807, 2.05) is 12.4 Å². The first-order valence-electron chi connectivity index (χ1n) is 6.98. The molecular formula is C16H19N3. The Morgan fingerprint density at radius 2 is 1.89 bits per heavy atom. The second kappa shape index (κ2) is 5.49. The van der Waals surface area contributed by atoms with Crippen molar-refractivity contribution in [2.24, 2.45) is 0 Å². The summed E-state index contributed by atoms with van der Waals surface area (Å²) in [5, 5.41) is 3.53. The van der Waals surface area contributed by atoms with Crippen LogP contribution >= 0.6 is 0 Å². The van der Waals surface area contributed by atoms with Crippen LogP contribution in [0.2, 0.25) is 0 Å². The first kappa shape index (κ1) is 12.3. The van der Waals surface area contributed by atoms with E-state index >= 15 is 0 Å². The van der Waals surface area contributed by atoms with Crippen molar-refractivity contribution in [2.45, 2.75) is 32.2 Å². The lowest BCUT2D eigenvalue weighted by Gasteiger charge is -2.19. The maximum atomic E-state index is 4.13. The standard InChI is InChI=1S/C16H19N3/c1-2-19-16(15-9-17-11-18-10-15)14-7-6-12-4-3-5-13(12)8-14/h6-11,16,19H,2-5H2,1H3. The third-order valence-corrected chi connectivity index (χ3v) is 3.78. The molecular weight excluding hydrogens is 234 g/mol. The van der Waals surface area contributed by atoms with Crippen molar-refractivity contribution in [3.8, 4) is 0 Å². The summed E-state index contributed by atoms with van der Waals surface area (Å²) in [6.45, 7) is 3.06. The molecule has 1 unspecified atom stereocenters. The van der Waals surface area contributed by atoms with Gasteiger partial charge >= 0.3 is 0 Å². The van der Waals surface area contributed by atoms with Crippen LogP contribution in [0.5, 0.6) is 0 Å². The highest BCUT2D eigenvalue weighted by Gasteiger charge is 2.17. The summed E-state index contributed by atoms with van der Waals surface area (Å²) in [5.41, 5.74) is 5.47. The van der Waals surface area contributed by atoms with Gasteiger partial charge in [0.2, 0.25) is 0 Å². The maximum absolute atomic E-state index is 4.13. The lowest BCUT2D eigenvalue weighted by molar-refractivity contribution is 0.625. The topological polar surface area (TPSA) is 37.8 Å². The van der Waals surface area contributed by atoms with Crippen molar-refractivity contribution in [3.63, 3.8) is 0 Å². The number of benzene rings is 1. The predicted molar refractivity (Wildman–Crippen MR) is 76.0 cm³/mol. The number of hydrogen-bond donors (Lipinski definition) is 1. The Kier molecular flexibility index (Phi) is 3.56. The molecule has 1 N–H and O–H groups in total. The van der Waals surface area contributed by atoms with Crippen molar-refractivity contribution in [2.75, 3.05) is 6.54 Å². The lowest BCUT2D eigenvalue weighted by Crippen LogP contribution is -2.22. The summed E-state index contributed by atoms with van der Waals surface area (Å²) in [4.78, 5) is 8.27. The second-order valence-corrected chi connectivity index (χ2v) is 5.04. The highest BCUT2D eigenvalue weighted by Crippen LogP contribution is 2.27. The third kappa shape index (κ3) is 2.51. The van der Waals surface area contributed by atoms with Crippen molar-refractivity contribution in [3.05, 3.63) is 59.2 Å². The minimum atomic E-state index is 0.192. The van der Waals surface area contributed by atoms with Crippen LogP contribution in [0, 0.1) is 0 Å². The lowest BCUT2D eigenvalue weighted by atomic mass is 9.97. The minimum absolute atomic E-state index is 0.192. The summed E-state index contributed by atoms with van der Waals surface area (Å²) in [6.07, 6.45) is 9.11. The molecule has 3 heteroatoms. The summed E-state index contributed by atoms with van der Waals surface area (Å²) >= 11 is 0. The van der Waals surface area contributed by atoms with Gasteiger partial charge in [-0.1, -0.05) is 25.1 Å². The molecule has 0 saturated carbocycles. The van der Waals surface area contributed by atoms with E-state index in [2.05, 4.69) is 40.4 Å². The van der Waals surface area contributed by atoms with Crippen LogP contribution < -0.4 is 5.32 Å².